The molecule has 1 saturated carbocycles. The Kier molecular flexibility index (Phi) is 2.36. The Morgan fingerprint density at radius 2 is 2.29 bits per heavy atom. The molecular formula is C9H16N2O3. The third-order valence-corrected chi connectivity index (χ3v) is 2.90. The highest BCUT2D eigenvalue weighted by molar-refractivity contribution is 5.65. The lowest BCUT2D eigenvalue weighted by Gasteiger charge is -2.22. The summed E-state index contributed by atoms with van der Waals surface area (Å²) in [5.74, 6) is 0. The number of aliphatic hydroxyl groups is 1. The minimum absolute atomic E-state index is 0.238. The number of carbonyl (C=O) groups is 1. The first-order valence-corrected chi connectivity index (χ1v) is 5.03. The van der Waals surface area contributed by atoms with Gasteiger partial charge in [0, 0.05) is 19.1 Å². The van der Waals surface area contributed by atoms with E-state index in [0.29, 0.717) is 25.6 Å². The van der Waals surface area contributed by atoms with E-state index < -0.39 is 11.7 Å². The lowest BCUT2D eigenvalue weighted by molar-refractivity contribution is 0.0485. The van der Waals surface area contributed by atoms with Crippen molar-refractivity contribution in [1.29, 1.82) is 0 Å². The first kappa shape index (κ1) is 9.73. The fraction of sp³-hybridized carbons (Fsp3) is 0.889. The number of β-amino-alcohol motifs (C(OH)–C–C–N with tert-alkyl or cyclic N) is 1. The number of rotatable bonds is 3. The van der Waals surface area contributed by atoms with E-state index in [0.717, 1.165) is 0 Å². The highest BCUT2D eigenvalue weighted by Crippen LogP contribution is 2.23. The van der Waals surface area contributed by atoms with Gasteiger partial charge < -0.3 is 20.4 Å². The molecule has 5 nitrogen and oxygen atoms in total. The van der Waals surface area contributed by atoms with Gasteiger partial charge in [0.1, 0.15) is 0 Å². The van der Waals surface area contributed by atoms with Crippen molar-refractivity contribution in [3.8, 4) is 0 Å². The minimum Gasteiger partial charge on any atom is -0.465 e. The van der Waals surface area contributed by atoms with Crippen LogP contribution in [0.5, 0.6) is 0 Å². The number of hydrogen-bond acceptors (Lipinski definition) is 3. The van der Waals surface area contributed by atoms with Gasteiger partial charge in [-0.2, -0.15) is 0 Å². The van der Waals surface area contributed by atoms with Crippen molar-refractivity contribution >= 4 is 6.09 Å². The molecule has 1 unspecified atom stereocenters. The van der Waals surface area contributed by atoms with Gasteiger partial charge in [-0.15, -0.1) is 0 Å². The van der Waals surface area contributed by atoms with Crippen LogP contribution in [0.4, 0.5) is 4.79 Å². The molecule has 14 heavy (non-hydrogen) atoms. The number of likely N-dealkylation sites (tertiary alicyclic amines) is 1. The Balaban J connectivity index is 1.81. The zero-order chi connectivity index (χ0) is 10.2. The fourth-order valence-corrected chi connectivity index (χ4v) is 1.79. The predicted octanol–water partition coefficient (Wildman–Crippen LogP) is -0.147. The summed E-state index contributed by atoms with van der Waals surface area (Å²) in [6.45, 7) is 1.20. The Hall–Kier alpha value is -0.810. The van der Waals surface area contributed by atoms with Gasteiger partial charge in [0.15, 0.2) is 0 Å². The van der Waals surface area contributed by atoms with Gasteiger partial charge in [-0.05, 0) is 19.3 Å². The molecule has 5 heteroatoms. The molecule has 1 atom stereocenters. The van der Waals surface area contributed by atoms with Crippen LogP contribution >= 0.6 is 0 Å². The maximum Gasteiger partial charge on any atom is 0.407 e. The highest BCUT2D eigenvalue weighted by atomic mass is 16.4. The number of nitrogens with zero attached hydrogens (tertiary/aromatic N) is 1. The molecule has 1 aliphatic carbocycles. The smallest absolute Gasteiger partial charge is 0.407 e. The third kappa shape index (κ3) is 2.16. The first-order valence-electron chi connectivity index (χ1n) is 5.03. The van der Waals surface area contributed by atoms with Crippen molar-refractivity contribution < 1.29 is 15.0 Å². The maximum absolute atomic E-state index is 10.6. The largest absolute Gasteiger partial charge is 0.465 e. The van der Waals surface area contributed by atoms with Crippen molar-refractivity contribution in [2.45, 2.75) is 30.9 Å². The third-order valence-electron chi connectivity index (χ3n) is 2.90. The summed E-state index contributed by atoms with van der Waals surface area (Å²) >= 11 is 0. The normalized spacial score (nSPS) is 32.2. The van der Waals surface area contributed by atoms with Crippen molar-refractivity contribution in [2.75, 3.05) is 19.6 Å². The molecule has 1 aliphatic heterocycles. The number of carboxylic acid groups (broad SMARTS) is 1. The van der Waals surface area contributed by atoms with Crippen molar-refractivity contribution in [3.63, 3.8) is 0 Å². The maximum atomic E-state index is 10.6. The molecule has 0 spiro atoms. The lowest BCUT2D eigenvalue weighted by atomic mass is 10.0. The van der Waals surface area contributed by atoms with Gasteiger partial charge in [-0.3, -0.25) is 0 Å². The van der Waals surface area contributed by atoms with Crippen LogP contribution in [-0.2, 0) is 0 Å². The summed E-state index contributed by atoms with van der Waals surface area (Å²) in [6.07, 6.45) is 1.96. The minimum atomic E-state index is -0.938. The molecule has 2 fully saturated rings. The van der Waals surface area contributed by atoms with Gasteiger partial charge in [-0.25, -0.2) is 4.79 Å². The van der Waals surface area contributed by atoms with Crippen LogP contribution in [0.1, 0.15) is 19.3 Å². The zero-order valence-electron chi connectivity index (χ0n) is 8.07. The summed E-state index contributed by atoms with van der Waals surface area (Å²) in [5, 5.41) is 22.0. The van der Waals surface area contributed by atoms with Crippen molar-refractivity contribution in [2.24, 2.45) is 0 Å². The van der Waals surface area contributed by atoms with E-state index in [1.165, 1.54) is 17.7 Å². The molecule has 80 valence electrons. The van der Waals surface area contributed by atoms with Crippen LogP contribution in [0, 0.1) is 0 Å². The van der Waals surface area contributed by atoms with Gasteiger partial charge in [0.2, 0.25) is 0 Å². The highest BCUT2D eigenvalue weighted by Gasteiger charge is 2.39. The Morgan fingerprint density at radius 3 is 2.79 bits per heavy atom. The van der Waals surface area contributed by atoms with Crippen molar-refractivity contribution in [1.82, 2.24) is 10.2 Å². The van der Waals surface area contributed by atoms with Crippen LogP contribution in [0.3, 0.4) is 0 Å². The monoisotopic (exact) mass is 200 g/mol. The first-order chi connectivity index (χ1) is 6.59. The number of amides is 1. The number of nitrogens with one attached hydrogen (secondary N) is 1. The van der Waals surface area contributed by atoms with Gasteiger partial charge in [-0.1, -0.05) is 0 Å². The molecule has 1 heterocycles. The standard InChI is InChI=1S/C9H16N2O3/c12-8(13)11-4-3-9(14,6-11)5-10-7-1-2-7/h7,10,14H,1-6H2,(H,12,13). The van der Waals surface area contributed by atoms with Crippen LogP contribution in [0.2, 0.25) is 0 Å². The molecule has 2 aliphatic rings. The summed E-state index contributed by atoms with van der Waals surface area (Å²) < 4.78 is 0. The Bertz CT molecular complexity index is 242. The second-order valence-electron chi connectivity index (χ2n) is 4.33. The summed E-state index contributed by atoms with van der Waals surface area (Å²) in [7, 11) is 0. The van der Waals surface area contributed by atoms with E-state index in [9.17, 15) is 9.90 Å². The average Bonchev–Trinajstić information content (AvgIpc) is 2.87. The molecule has 1 amide bonds. The van der Waals surface area contributed by atoms with E-state index in [1.807, 2.05) is 0 Å². The van der Waals surface area contributed by atoms with Crippen LogP contribution in [-0.4, -0.2) is 52.5 Å². The Labute approximate surface area is 82.7 Å². The number of hydrogen-bond donors (Lipinski definition) is 3. The summed E-state index contributed by atoms with van der Waals surface area (Å²) in [6, 6.07) is 0.554. The Morgan fingerprint density at radius 1 is 1.57 bits per heavy atom. The molecular weight excluding hydrogens is 184 g/mol. The van der Waals surface area contributed by atoms with E-state index in [2.05, 4.69) is 5.32 Å². The zero-order valence-corrected chi connectivity index (χ0v) is 8.07. The summed E-state index contributed by atoms with van der Waals surface area (Å²) in [4.78, 5) is 11.9. The van der Waals surface area contributed by atoms with Crippen molar-refractivity contribution in [3.05, 3.63) is 0 Å². The molecule has 0 aromatic carbocycles. The molecule has 3 N–H and O–H groups in total. The van der Waals surface area contributed by atoms with E-state index in [4.69, 9.17) is 5.11 Å². The average molecular weight is 200 g/mol. The fourth-order valence-electron chi connectivity index (χ4n) is 1.79. The van der Waals surface area contributed by atoms with Gasteiger partial charge in [0.25, 0.3) is 0 Å². The van der Waals surface area contributed by atoms with E-state index in [-0.39, 0.29) is 6.54 Å². The molecule has 0 aromatic heterocycles. The van der Waals surface area contributed by atoms with E-state index >= 15 is 0 Å². The predicted molar refractivity (Wildman–Crippen MR) is 50.2 cm³/mol. The molecule has 2 rings (SSSR count). The molecule has 0 bridgehead atoms. The second-order valence-corrected chi connectivity index (χ2v) is 4.33. The van der Waals surface area contributed by atoms with Crippen LogP contribution < -0.4 is 5.32 Å². The van der Waals surface area contributed by atoms with E-state index in [1.54, 1.807) is 0 Å². The lowest BCUT2D eigenvalue weighted by Crippen LogP contribution is -2.44. The topological polar surface area (TPSA) is 72.8 Å². The van der Waals surface area contributed by atoms with Crippen LogP contribution in [0.25, 0.3) is 0 Å². The molecule has 0 aromatic rings. The van der Waals surface area contributed by atoms with Crippen LogP contribution in [0.15, 0.2) is 0 Å². The molecule has 1 saturated heterocycles. The second kappa shape index (κ2) is 3.40. The van der Waals surface area contributed by atoms with Gasteiger partial charge in [0.05, 0.1) is 12.1 Å². The summed E-state index contributed by atoms with van der Waals surface area (Å²) in [5.41, 5.74) is -0.846. The quantitative estimate of drug-likeness (QED) is 0.592. The SMILES string of the molecule is O=C(O)N1CCC(O)(CNC2CC2)C1. The van der Waals surface area contributed by atoms with Gasteiger partial charge >= 0.3 is 6.09 Å². The molecule has 0 radical (unpaired) electrons.